The Bertz CT molecular complexity index is 1140. The number of carbonyl (C=O) groups is 1. The largest absolute Gasteiger partial charge is 0.496 e. The number of fused-ring (bicyclic) bond motifs is 1. The number of ether oxygens (including phenoxy) is 1. The first-order valence-electron chi connectivity index (χ1n) is 11.0. The van der Waals surface area contributed by atoms with Gasteiger partial charge in [-0.25, -0.2) is 0 Å². The minimum Gasteiger partial charge on any atom is -0.496 e. The monoisotopic (exact) mass is 458 g/mol. The van der Waals surface area contributed by atoms with Crippen molar-refractivity contribution in [3.8, 4) is 5.75 Å². The quantitative estimate of drug-likeness (QED) is 0.434. The maximum absolute atomic E-state index is 13.9. The van der Waals surface area contributed by atoms with Crippen molar-refractivity contribution in [2.75, 3.05) is 26.8 Å². The van der Waals surface area contributed by atoms with Crippen LogP contribution in [0.25, 0.3) is 10.9 Å². The van der Waals surface area contributed by atoms with Gasteiger partial charge in [0.25, 0.3) is 11.8 Å². The number of aromatic amines is 1. The van der Waals surface area contributed by atoms with Crippen LogP contribution < -0.4 is 15.4 Å². The molecule has 0 spiro atoms. The van der Waals surface area contributed by atoms with Crippen molar-refractivity contribution in [1.82, 2.24) is 20.8 Å². The summed E-state index contributed by atoms with van der Waals surface area (Å²) >= 11 is 0. The van der Waals surface area contributed by atoms with Crippen LogP contribution in [0.1, 0.15) is 58.8 Å². The minimum atomic E-state index is -3.35. The van der Waals surface area contributed by atoms with Gasteiger partial charge in [0.15, 0.2) is 0 Å². The minimum absolute atomic E-state index is 0.252. The van der Waals surface area contributed by atoms with Crippen LogP contribution in [0.4, 0.5) is 8.78 Å². The van der Waals surface area contributed by atoms with E-state index in [1.165, 1.54) is 18.2 Å². The third kappa shape index (κ3) is 4.56. The van der Waals surface area contributed by atoms with E-state index in [9.17, 15) is 13.6 Å². The zero-order chi connectivity index (χ0) is 23.6. The molecule has 0 bridgehead atoms. The highest BCUT2D eigenvalue weighted by atomic mass is 19.3. The van der Waals surface area contributed by atoms with Gasteiger partial charge in [-0.2, -0.15) is 13.9 Å². The van der Waals surface area contributed by atoms with E-state index in [1.807, 2.05) is 6.07 Å². The Labute approximate surface area is 190 Å². The van der Waals surface area contributed by atoms with Crippen LogP contribution in [0, 0.1) is 0 Å². The second-order valence-corrected chi connectivity index (χ2v) is 8.41. The standard InChI is InChI=1S/C24H28F2N4O3/c1-14(16-4-3-5-17(10-16)24(25,26)13-31)29-23(32)19-11-18(15-6-8-27-9-7-15)22(33-2)20-12-28-30-21(19)20/h3-5,10-12,14-15,27,31H,6-9,13H2,1-2H3,(H,28,30)(H,29,32)/t14-/m1/s1. The number of halogens is 2. The molecule has 1 atom stereocenters. The van der Waals surface area contributed by atoms with Gasteiger partial charge in [0.2, 0.25) is 0 Å². The number of aliphatic hydroxyl groups is 1. The number of nitrogens with one attached hydrogen (secondary N) is 3. The van der Waals surface area contributed by atoms with Crippen LogP contribution in [0.5, 0.6) is 5.75 Å². The number of carbonyl (C=O) groups excluding carboxylic acids is 1. The van der Waals surface area contributed by atoms with Gasteiger partial charge in [-0.15, -0.1) is 0 Å². The topological polar surface area (TPSA) is 99.3 Å². The smallest absolute Gasteiger partial charge is 0.295 e. The number of hydrogen-bond acceptors (Lipinski definition) is 5. The lowest BCUT2D eigenvalue weighted by Gasteiger charge is -2.25. The van der Waals surface area contributed by atoms with E-state index in [0.29, 0.717) is 22.4 Å². The van der Waals surface area contributed by atoms with Crippen LogP contribution in [-0.4, -0.2) is 48.0 Å². The molecule has 33 heavy (non-hydrogen) atoms. The molecular weight excluding hydrogens is 430 g/mol. The van der Waals surface area contributed by atoms with Crippen molar-refractivity contribution in [3.63, 3.8) is 0 Å². The summed E-state index contributed by atoms with van der Waals surface area (Å²) in [7, 11) is 1.61. The first-order valence-corrected chi connectivity index (χ1v) is 11.0. The third-order valence-corrected chi connectivity index (χ3v) is 6.30. The summed E-state index contributed by atoms with van der Waals surface area (Å²) in [5.41, 5.74) is 2.18. The number of piperidine rings is 1. The predicted octanol–water partition coefficient (Wildman–Crippen LogP) is 3.61. The molecule has 176 valence electrons. The lowest BCUT2D eigenvalue weighted by atomic mass is 9.87. The number of aromatic nitrogens is 2. The van der Waals surface area contributed by atoms with Gasteiger partial charge >= 0.3 is 0 Å². The highest BCUT2D eigenvalue weighted by Crippen LogP contribution is 2.39. The number of H-pyrrole nitrogens is 1. The second-order valence-electron chi connectivity index (χ2n) is 8.41. The molecule has 1 aliphatic rings. The molecule has 3 aromatic rings. The molecule has 1 aliphatic heterocycles. The Morgan fingerprint density at radius 1 is 1.33 bits per heavy atom. The molecule has 4 rings (SSSR count). The summed E-state index contributed by atoms with van der Waals surface area (Å²) in [6.07, 6.45) is 3.52. The maximum atomic E-state index is 13.9. The van der Waals surface area contributed by atoms with Crippen LogP contribution >= 0.6 is 0 Å². The molecule has 0 aliphatic carbocycles. The molecule has 0 saturated carbocycles. The number of methoxy groups -OCH3 is 1. The molecule has 0 unspecified atom stereocenters. The van der Waals surface area contributed by atoms with Gasteiger partial charge in [0, 0.05) is 5.56 Å². The normalized spacial score (nSPS) is 16.0. The van der Waals surface area contributed by atoms with Gasteiger partial charge in [-0.1, -0.05) is 18.2 Å². The number of amides is 1. The molecule has 2 heterocycles. The Morgan fingerprint density at radius 2 is 2.09 bits per heavy atom. The van der Waals surface area contributed by atoms with Crippen LogP contribution in [0.15, 0.2) is 36.5 Å². The molecule has 0 radical (unpaired) electrons. The fourth-order valence-electron chi connectivity index (χ4n) is 4.44. The first-order chi connectivity index (χ1) is 15.9. The maximum Gasteiger partial charge on any atom is 0.295 e. The molecule has 1 saturated heterocycles. The van der Waals surface area contributed by atoms with E-state index < -0.39 is 18.6 Å². The van der Waals surface area contributed by atoms with Gasteiger partial charge in [-0.3, -0.25) is 9.89 Å². The predicted molar refractivity (Wildman–Crippen MR) is 121 cm³/mol. The number of alkyl halides is 2. The van der Waals surface area contributed by atoms with Crippen molar-refractivity contribution in [2.45, 2.75) is 37.6 Å². The number of benzene rings is 2. The van der Waals surface area contributed by atoms with E-state index >= 15 is 0 Å². The highest BCUT2D eigenvalue weighted by molar-refractivity contribution is 6.07. The molecule has 7 nitrogen and oxygen atoms in total. The Hall–Kier alpha value is -3.04. The number of rotatable bonds is 7. The summed E-state index contributed by atoms with van der Waals surface area (Å²) in [5.74, 6) is -2.72. The van der Waals surface area contributed by atoms with Gasteiger partial charge in [0.05, 0.1) is 35.8 Å². The van der Waals surface area contributed by atoms with Crippen LogP contribution in [0.2, 0.25) is 0 Å². The zero-order valence-corrected chi connectivity index (χ0v) is 18.6. The Balaban J connectivity index is 1.66. The molecule has 2 aromatic carbocycles. The molecule has 1 fully saturated rings. The van der Waals surface area contributed by atoms with Crippen LogP contribution in [-0.2, 0) is 5.92 Å². The lowest BCUT2D eigenvalue weighted by Crippen LogP contribution is -2.29. The summed E-state index contributed by atoms with van der Waals surface area (Å²) in [4.78, 5) is 13.3. The van der Waals surface area contributed by atoms with E-state index in [4.69, 9.17) is 9.84 Å². The first kappa shape index (κ1) is 23.1. The van der Waals surface area contributed by atoms with Crippen LogP contribution in [0.3, 0.4) is 0 Å². The summed E-state index contributed by atoms with van der Waals surface area (Å²) in [6.45, 7) is 2.24. The number of aliphatic hydroxyl groups excluding tert-OH is 1. The van der Waals surface area contributed by atoms with Crippen molar-refractivity contribution in [1.29, 1.82) is 0 Å². The van der Waals surface area contributed by atoms with Gasteiger partial charge in [-0.05, 0) is 62.0 Å². The summed E-state index contributed by atoms with van der Waals surface area (Å²) in [6, 6.07) is 7.05. The van der Waals surface area contributed by atoms with Crippen molar-refractivity contribution >= 4 is 16.8 Å². The molecule has 4 N–H and O–H groups in total. The third-order valence-electron chi connectivity index (χ3n) is 6.30. The average Bonchev–Trinajstić information content (AvgIpc) is 3.33. The van der Waals surface area contributed by atoms with E-state index in [1.54, 1.807) is 26.3 Å². The van der Waals surface area contributed by atoms with Gasteiger partial charge in [0.1, 0.15) is 12.4 Å². The Morgan fingerprint density at radius 3 is 2.79 bits per heavy atom. The van der Waals surface area contributed by atoms with E-state index in [0.717, 1.165) is 36.9 Å². The molecular formula is C24H28F2N4O3. The molecule has 1 amide bonds. The van der Waals surface area contributed by atoms with Gasteiger partial charge < -0.3 is 20.5 Å². The number of hydrogen-bond donors (Lipinski definition) is 4. The Kier molecular flexibility index (Phi) is 6.62. The summed E-state index contributed by atoms with van der Waals surface area (Å²) < 4.78 is 33.6. The fraction of sp³-hybridized carbons (Fsp3) is 0.417. The number of nitrogens with zero attached hydrogens (tertiary/aromatic N) is 1. The molecule has 1 aromatic heterocycles. The fourth-order valence-corrected chi connectivity index (χ4v) is 4.44. The van der Waals surface area contributed by atoms with Crippen molar-refractivity contribution in [3.05, 3.63) is 58.8 Å². The summed E-state index contributed by atoms with van der Waals surface area (Å²) in [5, 5.41) is 23.0. The lowest BCUT2D eigenvalue weighted by molar-refractivity contribution is -0.0556. The average molecular weight is 459 g/mol. The SMILES string of the molecule is COc1c(C2CCNCC2)cc(C(=O)N[C@H](C)c2cccc(C(F)(F)CO)c2)c2[nH]ncc12. The van der Waals surface area contributed by atoms with E-state index in [2.05, 4.69) is 20.8 Å². The molecule has 9 heteroatoms. The second kappa shape index (κ2) is 9.44. The highest BCUT2D eigenvalue weighted by Gasteiger charge is 2.31. The van der Waals surface area contributed by atoms with Crippen molar-refractivity contribution in [2.24, 2.45) is 0 Å². The van der Waals surface area contributed by atoms with E-state index in [-0.39, 0.29) is 17.4 Å². The van der Waals surface area contributed by atoms with Crippen molar-refractivity contribution < 1.29 is 23.4 Å². The zero-order valence-electron chi connectivity index (χ0n) is 18.6.